The lowest BCUT2D eigenvalue weighted by molar-refractivity contribution is 0.000935. The van der Waals surface area contributed by atoms with Crippen molar-refractivity contribution >= 4 is 34.6 Å². The van der Waals surface area contributed by atoms with Crippen LogP contribution < -0.4 is 18.9 Å². The maximum atomic E-state index is 12.3. The molecule has 2 aromatic heterocycles. The first-order valence-electron chi connectivity index (χ1n) is 25.1. The molecule has 0 fully saturated rings. The average Bonchev–Trinajstić information content (AvgIpc) is 4.03. The summed E-state index contributed by atoms with van der Waals surface area (Å²) in [6.07, 6.45) is 12.1. The van der Waals surface area contributed by atoms with Gasteiger partial charge in [0.25, 0.3) is 0 Å². The van der Waals surface area contributed by atoms with E-state index >= 15 is 0 Å². The summed E-state index contributed by atoms with van der Waals surface area (Å²) in [7, 11) is 0. The number of thiophene rings is 2. The quantitative estimate of drug-likeness (QED) is 0.0406. The predicted octanol–water partition coefficient (Wildman–Crippen LogP) is 13.9. The molecule has 1 atom stereocenters. The van der Waals surface area contributed by atoms with Crippen LogP contribution in [0.5, 0.6) is 23.0 Å². The van der Waals surface area contributed by atoms with Crippen LogP contribution >= 0.6 is 22.7 Å². The highest BCUT2D eigenvalue weighted by atomic mass is 32.1. The van der Waals surface area contributed by atoms with E-state index in [9.17, 15) is 9.59 Å². The highest BCUT2D eigenvalue weighted by molar-refractivity contribution is 7.08. The molecule has 1 unspecified atom stereocenters. The lowest BCUT2D eigenvalue weighted by Gasteiger charge is -2.24. The standard InChI is InChI=1S/2C29H34O5S/c1-2-7-22-8-10-23(11-9-22)24-12-14-25(15-13-24)29(30)32-17-6-4-3-5-16-31-26-18-33-27-20-35-21-28(27)34-19-26;1-2-7-22-8-10-23(11-9-22)24-12-14-25(15-13-24)29(30)32-17-6-4-3-5-16-31-18-26-19-33-27-20-35-21-28(27)34-26/h2*8-15,20-21,26H,2-7,16-19H2,1H3. The summed E-state index contributed by atoms with van der Waals surface area (Å²) in [4.78, 5) is 24.7. The van der Waals surface area contributed by atoms with E-state index in [-0.39, 0.29) is 24.1 Å². The van der Waals surface area contributed by atoms with Crippen molar-refractivity contribution in [1.29, 1.82) is 0 Å². The normalized spacial score (nSPS) is 14.0. The van der Waals surface area contributed by atoms with Crippen LogP contribution in [-0.2, 0) is 31.8 Å². The van der Waals surface area contributed by atoms with Crippen LogP contribution in [0.2, 0.25) is 0 Å². The molecule has 2 aliphatic heterocycles. The Labute approximate surface area is 422 Å². The first-order valence-corrected chi connectivity index (χ1v) is 26.9. The molecule has 372 valence electrons. The van der Waals surface area contributed by atoms with Crippen LogP contribution in [0.3, 0.4) is 0 Å². The van der Waals surface area contributed by atoms with Crippen LogP contribution in [0, 0.1) is 0 Å². The molecule has 4 aromatic carbocycles. The van der Waals surface area contributed by atoms with Crippen LogP contribution in [0.4, 0.5) is 0 Å². The molecule has 0 N–H and O–H groups in total. The number of hydrogen-bond acceptors (Lipinski definition) is 12. The topological polar surface area (TPSA) is 108 Å². The molecule has 0 saturated heterocycles. The van der Waals surface area contributed by atoms with Gasteiger partial charge in [-0.3, -0.25) is 0 Å². The molecule has 0 aliphatic carbocycles. The van der Waals surface area contributed by atoms with E-state index in [0.29, 0.717) is 64.0 Å². The van der Waals surface area contributed by atoms with E-state index in [1.54, 1.807) is 22.7 Å². The van der Waals surface area contributed by atoms with Gasteiger partial charge in [0.05, 0.1) is 30.9 Å². The number of hydrogen-bond donors (Lipinski definition) is 0. The SMILES string of the molecule is CCCc1ccc(-c2ccc(C(=O)OCCCCCCOC3COc4cscc4OC3)cc2)cc1.CCCc1ccc(-c2ccc(C(=O)OCCCCCCOCC3COc4cscc4O3)cc2)cc1. The van der Waals surface area contributed by atoms with Gasteiger partial charge in [-0.2, -0.15) is 0 Å². The second-order valence-corrected chi connectivity index (χ2v) is 19.1. The van der Waals surface area contributed by atoms with Crippen molar-refractivity contribution < 1.29 is 47.5 Å². The minimum Gasteiger partial charge on any atom is -0.486 e. The fourth-order valence-electron chi connectivity index (χ4n) is 8.02. The lowest BCUT2D eigenvalue weighted by atomic mass is 10.0. The van der Waals surface area contributed by atoms with Crippen molar-refractivity contribution in [2.45, 2.75) is 103 Å². The Balaban J connectivity index is 0.000000206. The van der Waals surface area contributed by atoms with Crippen LogP contribution in [0.25, 0.3) is 22.3 Å². The van der Waals surface area contributed by atoms with Gasteiger partial charge in [-0.15, -0.1) is 22.7 Å². The van der Waals surface area contributed by atoms with E-state index < -0.39 is 0 Å². The monoisotopic (exact) mass is 988 g/mol. The molecule has 2 aliphatic rings. The molecular weight excluding hydrogens is 921 g/mol. The molecule has 6 aromatic rings. The highest BCUT2D eigenvalue weighted by Crippen LogP contribution is 2.36. The zero-order chi connectivity index (χ0) is 48.6. The number of esters is 2. The summed E-state index contributed by atoms with van der Waals surface area (Å²) in [5.41, 5.74) is 8.40. The largest absolute Gasteiger partial charge is 0.486 e. The molecule has 0 amide bonds. The van der Waals surface area contributed by atoms with Gasteiger partial charge in [0.2, 0.25) is 0 Å². The van der Waals surface area contributed by atoms with Crippen LogP contribution in [0.15, 0.2) is 119 Å². The number of benzene rings is 4. The summed E-state index contributed by atoms with van der Waals surface area (Å²) in [5.74, 6) is 2.74. The Hall–Kier alpha value is -5.66. The molecule has 10 nitrogen and oxygen atoms in total. The fraction of sp³-hybridized carbons (Fsp3) is 0.414. The molecule has 0 bridgehead atoms. The summed E-state index contributed by atoms with van der Waals surface area (Å²) in [5, 5.41) is 7.81. The zero-order valence-corrected chi connectivity index (χ0v) is 42.4. The summed E-state index contributed by atoms with van der Waals surface area (Å²) in [6.45, 7) is 8.74. The molecular formula is C58H68O10S2. The van der Waals surface area contributed by atoms with E-state index in [0.717, 1.165) is 122 Å². The maximum Gasteiger partial charge on any atom is 0.338 e. The number of aryl methyl sites for hydroxylation is 2. The van der Waals surface area contributed by atoms with E-state index in [2.05, 4.69) is 62.4 Å². The molecule has 0 spiro atoms. The fourth-order valence-corrected chi connectivity index (χ4v) is 9.37. The minimum absolute atomic E-state index is 0.0415. The number of ether oxygens (including phenoxy) is 8. The first kappa shape index (κ1) is 52.2. The average molecular weight is 989 g/mol. The van der Waals surface area contributed by atoms with Gasteiger partial charge in [-0.25, -0.2) is 9.59 Å². The maximum absolute atomic E-state index is 12.3. The van der Waals surface area contributed by atoms with Gasteiger partial charge >= 0.3 is 11.9 Å². The Morgan fingerprint density at radius 2 is 0.886 bits per heavy atom. The Kier molecular flexibility index (Phi) is 21.5. The molecule has 12 heteroatoms. The van der Waals surface area contributed by atoms with Crippen LogP contribution in [0.1, 0.15) is 110 Å². The van der Waals surface area contributed by atoms with Crippen molar-refractivity contribution in [2.75, 3.05) is 52.9 Å². The number of carbonyl (C=O) groups excluding carboxylic acids is 2. The van der Waals surface area contributed by atoms with Crippen LogP contribution in [-0.4, -0.2) is 77.0 Å². The second-order valence-electron chi connectivity index (χ2n) is 17.6. The summed E-state index contributed by atoms with van der Waals surface area (Å²) in [6, 6.07) is 32.5. The van der Waals surface area contributed by atoms with Crippen molar-refractivity contribution in [1.82, 2.24) is 0 Å². The third-order valence-electron chi connectivity index (χ3n) is 12.0. The van der Waals surface area contributed by atoms with Gasteiger partial charge in [0.1, 0.15) is 25.9 Å². The Morgan fingerprint density at radius 1 is 0.486 bits per heavy atom. The van der Waals surface area contributed by atoms with Crippen molar-refractivity contribution in [3.63, 3.8) is 0 Å². The number of rotatable bonds is 25. The third kappa shape index (κ3) is 16.7. The molecule has 0 saturated carbocycles. The number of carbonyl (C=O) groups is 2. The van der Waals surface area contributed by atoms with Crippen molar-refractivity contribution in [2.24, 2.45) is 0 Å². The lowest BCUT2D eigenvalue weighted by Crippen LogP contribution is -2.33. The van der Waals surface area contributed by atoms with E-state index in [1.165, 1.54) is 11.1 Å². The van der Waals surface area contributed by atoms with E-state index in [1.807, 2.05) is 70.1 Å². The second kappa shape index (κ2) is 28.9. The first-order chi connectivity index (χ1) is 34.4. The smallest absolute Gasteiger partial charge is 0.338 e. The Bertz CT molecular complexity index is 2400. The van der Waals surface area contributed by atoms with E-state index in [4.69, 9.17) is 37.9 Å². The third-order valence-corrected chi connectivity index (χ3v) is 13.4. The summed E-state index contributed by atoms with van der Waals surface area (Å²) >= 11 is 3.15. The molecule has 70 heavy (non-hydrogen) atoms. The minimum atomic E-state index is -0.264. The van der Waals surface area contributed by atoms with Gasteiger partial charge in [0.15, 0.2) is 29.1 Å². The summed E-state index contributed by atoms with van der Waals surface area (Å²) < 4.78 is 45.5. The number of fused-ring (bicyclic) bond motifs is 2. The highest BCUT2D eigenvalue weighted by Gasteiger charge is 2.22. The molecule has 8 rings (SSSR count). The molecule has 0 radical (unpaired) electrons. The van der Waals surface area contributed by atoms with Gasteiger partial charge in [-0.05, 0) is 109 Å². The number of unbranched alkanes of at least 4 members (excludes halogenated alkanes) is 6. The zero-order valence-electron chi connectivity index (χ0n) is 40.7. The predicted molar refractivity (Wildman–Crippen MR) is 279 cm³/mol. The van der Waals surface area contributed by atoms with Crippen molar-refractivity contribution in [3.05, 3.63) is 141 Å². The van der Waals surface area contributed by atoms with Gasteiger partial charge in [0, 0.05) is 34.7 Å². The van der Waals surface area contributed by atoms with Gasteiger partial charge in [-0.1, -0.05) is 112 Å². The van der Waals surface area contributed by atoms with Gasteiger partial charge < -0.3 is 37.9 Å². The molecule has 4 heterocycles. The van der Waals surface area contributed by atoms with Crippen molar-refractivity contribution in [3.8, 4) is 45.3 Å². The Morgan fingerprint density at radius 3 is 1.36 bits per heavy atom.